The number of unbranched alkanes of at least 4 members (excludes halogenated alkanes) is 1. The van der Waals surface area contributed by atoms with Crippen molar-refractivity contribution in [2.75, 3.05) is 38.6 Å². The second-order valence-corrected chi connectivity index (χ2v) is 7.16. The van der Waals surface area contributed by atoms with E-state index >= 15 is 0 Å². The molecule has 0 aliphatic carbocycles. The molecule has 1 saturated heterocycles. The average Bonchev–Trinajstić information content (AvgIpc) is 3.01. The summed E-state index contributed by atoms with van der Waals surface area (Å²) in [4.78, 5) is 14.3. The summed E-state index contributed by atoms with van der Waals surface area (Å²) in [6.07, 6.45) is 3.77. The Morgan fingerprint density at radius 2 is 1.96 bits per heavy atom. The van der Waals surface area contributed by atoms with Gasteiger partial charge in [0, 0.05) is 37.8 Å². The summed E-state index contributed by atoms with van der Waals surface area (Å²) in [5.41, 5.74) is 9.78. The van der Waals surface area contributed by atoms with Gasteiger partial charge in [0.25, 0.3) is 5.91 Å². The van der Waals surface area contributed by atoms with Crippen LogP contribution in [0.3, 0.4) is 0 Å². The number of benzene rings is 1. The Morgan fingerprint density at radius 3 is 2.64 bits per heavy atom. The van der Waals surface area contributed by atoms with E-state index in [4.69, 9.17) is 15.2 Å². The molecule has 1 aliphatic heterocycles. The first-order chi connectivity index (χ1) is 13.6. The number of ether oxygens (including phenoxy) is 2. The van der Waals surface area contributed by atoms with Crippen LogP contribution in [0.15, 0.2) is 24.3 Å². The van der Waals surface area contributed by atoms with Crippen molar-refractivity contribution in [3.8, 4) is 5.88 Å². The van der Waals surface area contributed by atoms with Crippen LogP contribution in [0.1, 0.15) is 36.6 Å². The SMILES string of the molecule is CCCCc1nn(C)c(OCC(=O)N2CCOCC2)c1Cc1ccc(N)cc1. The van der Waals surface area contributed by atoms with Crippen LogP contribution in [0.4, 0.5) is 5.69 Å². The topological polar surface area (TPSA) is 82.6 Å². The van der Waals surface area contributed by atoms with Crippen LogP contribution in [0.5, 0.6) is 5.88 Å². The number of nitrogen functional groups attached to an aromatic ring is 1. The number of aryl methyl sites for hydroxylation is 2. The van der Waals surface area contributed by atoms with Gasteiger partial charge in [0.2, 0.25) is 5.88 Å². The maximum Gasteiger partial charge on any atom is 0.260 e. The molecule has 1 fully saturated rings. The summed E-state index contributed by atoms with van der Waals surface area (Å²) in [7, 11) is 1.87. The second kappa shape index (κ2) is 9.59. The first-order valence-corrected chi connectivity index (χ1v) is 9.96. The van der Waals surface area contributed by atoms with Crippen LogP contribution in [-0.4, -0.2) is 53.5 Å². The largest absolute Gasteiger partial charge is 0.468 e. The van der Waals surface area contributed by atoms with E-state index in [9.17, 15) is 4.79 Å². The van der Waals surface area contributed by atoms with Gasteiger partial charge in [0.05, 0.1) is 18.9 Å². The Balaban J connectivity index is 1.77. The van der Waals surface area contributed by atoms with Gasteiger partial charge in [0.15, 0.2) is 6.61 Å². The maximum atomic E-state index is 12.5. The zero-order valence-corrected chi connectivity index (χ0v) is 16.8. The molecule has 1 aromatic heterocycles. The molecule has 1 aromatic carbocycles. The van der Waals surface area contributed by atoms with Crippen LogP contribution in [-0.2, 0) is 29.4 Å². The smallest absolute Gasteiger partial charge is 0.260 e. The van der Waals surface area contributed by atoms with Gasteiger partial charge in [-0.3, -0.25) is 4.79 Å². The molecule has 0 bridgehead atoms. The van der Waals surface area contributed by atoms with Crippen LogP contribution >= 0.6 is 0 Å². The Bertz CT molecular complexity index is 780. The average molecular weight is 386 g/mol. The van der Waals surface area contributed by atoms with Crippen molar-refractivity contribution in [3.05, 3.63) is 41.1 Å². The van der Waals surface area contributed by atoms with Gasteiger partial charge in [-0.05, 0) is 30.5 Å². The van der Waals surface area contributed by atoms with Gasteiger partial charge in [-0.15, -0.1) is 0 Å². The molecule has 1 amide bonds. The van der Waals surface area contributed by atoms with E-state index in [1.807, 2.05) is 31.3 Å². The maximum absolute atomic E-state index is 12.5. The highest BCUT2D eigenvalue weighted by Gasteiger charge is 2.21. The van der Waals surface area contributed by atoms with E-state index < -0.39 is 0 Å². The standard InChI is InChI=1S/C21H30N4O3/c1-3-4-5-19-18(14-16-6-8-17(22)9-7-16)21(24(2)23-19)28-15-20(26)25-10-12-27-13-11-25/h6-9H,3-5,10-15,22H2,1-2H3. The lowest BCUT2D eigenvalue weighted by Crippen LogP contribution is -2.43. The second-order valence-electron chi connectivity index (χ2n) is 7.16. The molecule has 1 aliphatic rings. The molecule has 0 radical (unpaired) electrons. The number of aromatic nitrogens is 2. The minimum absolute atomic E-state index is 0.0154. The van der Waals surface area contributed by atoms with Crippen molar-refractivity contribution >= 4 is 11.6 Å². The van der Waals surface area contributed by atoms with Gasteiger partial charge in [0.1, 0.15) is 0 Å². The van der Waals surface area contributed by atoms with Gasteiger partial charge in [-0.2, -0.15) is 5.10 Å². The Morgan fingerprint density at radius 1 is 1.25 bits per heavy atom. The molecule has 7 nitrogen and oxygen atoms in total. The molecular formula is C21H30N4O3. The van der Waals surface area contributed by atoms with E-state index in [1.54, 1.807) is 9.58 Å². The lowest BCUT2D eigenvalue weighted by Gasteiger charge is -2.26. The fourth-order valence-electron chi connectivity index (χ4n) is 3.38. The number of carbonyl (C=O) groups is 1. The third kappa shape index (κ3) is 5.04. The molecule has 0 spiro atoms. The number of morpholine rings is 1. The monoisotopic (exact) mass is 386 g/mol. The van der Waals surface area contributed by atoms with Gasteiger partial charge in [-0.1, -0.05) is 25.5 Å². The molecule has 0 saturated carbocycles. The number of anilines is 1. The summed E-state index contributed by atoms with van der Waals surface area (Å²) >= 11 is 0. The Kier molecular flexibility index (Phi) is 6.92. The molecule has 2 heterocycles. The fourth-order valence-corrected chi connectivity index (χ4v) is 3.38. The fraction of sp³-hybridized carbons (Fsp3) is 0.524. The van der Waals surface area contributed by atoms with Crippen molar-refractivity contribution in [1.29, 1.82) is 0 Å². The molecular weight excluding hydrogens is 356 g/mol. The highest BCUT2D eigenvalue weighted by atomic mass is 16.5. The van der Waals surface area contributed by atoms with Crippen LogP contribution in [0, 0.1) is 0 Å². The minimum atomic E-state index is -0.0157. The zero-order chi connectivity index (χ0) is 19.9. The van der Waals surface area contributed by atoms with Crippen LogP contribution in [0.2, 0.25) is 0 Å². The van der Waals surface area contributed by atoms with Crippen LogP contribution in [0.25, 0.3) is 0 Å². The molecule has 2 aromatic rings. The van der Waals surface area contributed by atoms with Crippen molar-refractivity contribution in [3.63, 3.8) is 0 Å². The number of rotatable bonds is 8. The number of amides is 1. The van der Waals surface area contributed by atoms with E-state index in [2.05, 4.69) is 12.0 Å². The van der Waals surface area contributed by atoms with Crippen molar-refractivity contribution < 1.29 is 14.3 Å². The molecule has 152 valence electrons. The first kappa shape index (κ1) is 20.2. The number of carbonyl (C=O) groups excluding carboxylic acids is 1. The number of hydrogen-bond acceptors (Lipinski definition) is 5. The first-order valence-electron chi connectivity index (χ1n) is 9.96. The molecule has 7 heteroatoms. The van der Waals surface area contributed by atoms with E-state index in [0.29, 0.717) is 38.6 Å². The highest BCUT2D eigenvalue weighted by molar-refractivity contribution is 5.77. The van der Waals surface area contributed by atoms with E-state index in [0.717, 1.165) is 41.8 Å². The Hall–Kier alpha value is -2.54. The predicted molar refractivity (Wildman–Crippen MR) is 108 cm³/mol. The lowest BCUT2D eigenvalue weighted by molar-refractivity contribution is -0.137. The van der Waals surface area contributed by atoms with Gasteiger partial charge >= 0.3 is 0 Å². The number of nitrogens with zero attached hydrogens (tertiary/aromatic N) is 3. The highest BCUT2D eigenvalue weighted by Crippen LogP contribution is 2.27. The molecule has 2 N–H and O–H groups in total. The number of hydrogen-bond donors (Lipinski definition) is 1. The summed E-state index contributed by atoms with van der Waals surface area (Å²) in [6, 6.07) is 7.85. The van der Waals surface area contributed by atoms with Crippen molar-refractivity contribution in [2.24, 2.45) is 7.05 Å². The molecule has 0 unspecified atom stereocenters. The van der Waals surface area contributed by atoms with E-state index in [-0.39, 0.29) is 12.5 Å². The van der Waals surface area contributed by atoms with E-state index in [1.165, 1.54) is 0 Å². The third-order valence-electron chi connectivity index (χ3n) is 5.00. The molecule has 28 heavy (non-hydrogen) atoms. The number of nitrogens with two attached hydrogens (primary N) is 1. The normalized spacial score (nSPS) is 14.3. The zero-order valence-electron chi connectivity index (χ0n) is 16.8. The summed E-state index contributed by atoms with van der Waals surface area (Å²) < 4.78 is 13.0. The quantitative estimate of drug-likeness (QED) is 0.703. The third-order valence-corrected chi connectivity index (χ3v) is 5.00. The summed E-state index contributed by atoms with van der Waals surface area (Å²) in [5.74, 6) is 0.655. The molecule has 0 atom stereocenters. The Labute approximate surface area is 166 Å². The lowest BCUT2D eigenvalue weighted by atomic mass is 10.0. The minimum Gasteiger partial charge on any atom is -0.468 e. The van der Waals surface area contributed by atoms with Gasteiger partial charge in [-0.25, -0.2) is 4.68 Å². The molecule has 3 rings (SSSR count). The van der Waals surface area contributed by atoms with Crippen LogP contribution < -0.4 is 10.5 Å². The summed E-state index contributed by atoms with van der Waals surface area (Å²) in [6.45, 7) is 4.59. The predicted octanol–water partition coefficient (Wildman–Crippen LogP) is 2.17. The van der Waals surface area contributed by atoms with Crippen molar-refractivity contribution in [1.82, 2.24) is 14.7 Å². The van der Waals surface area contributed by atoms with Gasteiger partial charge < -0.3 is 20.1 Å². The van der Waals surface area contributed by atoms with Crippen molar-refractivity contribution in [2.45, 2.75) is 32.6 Å². The summed E-state index contributed by atoms with van der Waals surface area (Å²) in [5, 5.41) is 4.67.